The quantitative estimate of drug-likeness (QED) is 0.245. The van der Waals surface area contributed by atoms with Crippen molar-refractivity contribution in [3.63, 3.8) is 0 Å². The van der Waals surface area contributed by atoms with Gasteiger partial charge in [-0.1, -0.05) is 55.4 Å². The Morgan fingerprint density at radius 1 is 1.20 bits per heavy atom. The van der Waals surface area contributed by atoms with Crippen LogP contribution in [0.25, 0.3) is 6.08 Å². The largest absolute Gasteiger partial charge is 0.490 e. The first-order chi connectivity index (χ1) is 19.2. The first kappa shape index (κ1) is 29.4. The zero-order chi connectivity index (χ0) is 29.0. The fourth-order valence-corrected chi connectivity index (χ4v) is 6.13. The lowest BCUT2D eigenvalue weighted by Crippen LogP contribution is -2.39. The average molecular weight is 624 g/mol. The van der Waals surface area contributed by atoms with Crippen LogP contribution in [-0.2, 0) is 9.53 Å². The maximum Gasteiger partial charge on any atom is 0.338 e. The Hall–Kier alpha value is -3.61. The molecule has 4 rings (SSSR count). The number of benzene rings is 2. The van der Waals surface area contributed by atoms with Gasteiger partial charge in [-0.05, 0) is 77.5 Å². The smallest absolute Gasteiger partial charge is 0.338 e. The van der Waals surface area contributed by atoms with E-state index in [2.05, 4.69) is 40.7 Å². The van der Waals surface area contributed by atoms with E-state index in [9.17, 15) is 9.59 Å². The molecule has 1 aliphatic heterocycles. The van der Waals surface area contributed by atoms with Gasteiger partial charge in [-0.2, -0.15) is 0 Å². The van der Waals surface area contributed by atoms with Crippen molar-refractivity contribution in [3.8, 4) is 23.8 Å². The Morgan fingerprint density at radius 2 is 1.93 bits per heavy atom. The van der Waals surface area contributed by atoms with Crippen molar-refractivity contribution in [1.29, 1.82) is 0 Å². The van der Waals surface area contributed by atoms with Crippen LogP contribution in [0.4, 0.5) is 0 Å². The van der Waals surface area contributed by atoms with E-state index in [-0.39, 0.29) is 18.8 Å². The molecule has 0 saturated carbocycles. The number of carbonyl (C=O) groups excluding carboxylic acids is 1. The molecule has 0 N–H and O–H groups in total. The fourth-order valence-electron chi connectivity index (χ4n) is 4.51. The Morgan fingerprint density at radius 3 is 2.55 bits per heavy atom. The molecule has 3 aromatic rings. The Kier molecular flexibility index (Phi) is 9.33. The molecule has 40 heavy (non-hydrogen) atoms. The van der Waals surface area contributed by atoms with Gasteiger partial charge in [0.1, 0.15) is 6.61 Å². The van der Waals surface area contributed by atoms with E-state index < -0.39 is 12.0 Å². The molecule has 0 fully saturated rings. The molecular formula is C31H31BrN2O5S. The second-order valence-electron chi connectivity index (χ2n) is 9.38. The van der Waals surface area contributed by atoms with Crippen LogP contribution >= 0.6 is 27.3 Å². The van der Waals surface area contributed by atoms with Gasteiger partial charge in [-0.25, -0.2) is 9.79 Å². The summed E-state index contributed by atoms with van der Waals surface area (Å²) in [6, 6.07) is 11.0. The maximum absolute atomic E-state index is 13.9. The molecule has 0 saturated heterocycles. The minimum Gasteiger partial charge on any atom is -0.490 e. The van der Waals surface area contributed by atoms with Crippen LogP contribution in [0.2, 0.25) is 0 Å². The van der Waals surface area contributed by atoms with Crippen LogP contribution in [0.5, 0.6) is 11.5 Å². The number of ether oxygens (including phenoxy) is 3. The van der Waals surface area contributed by atoms with Crippen LogP contribution in [-0.4, -0.2) is 30.4 Å². The number of thiazole rings is 1. The SMILES string of the molecule is C#CCOc1c(Br)cc(/C=c2/sc3n(c2=O)C(c2ccc(C(C)C)cc2)C(C(=O)OCC)=C(C)N=3)cc1OCC. The third-order valence-corrected chi connectivity index (χ3v) is 7.94. The number of hydrogen-bond donors (Lipinski definition) is 0. The van der Waals surface area contributed by atoms with Gasteiger partial charge in [-0.3, -0.25) is 9.36 Å². The molecule has 0 bridgehead atoms. The summed E-state index contributed by atoms with van der Waals surface area (Å²) in [7, 11) is 0. The summed E-state index contributed by atoms with van der Waals surface area (Å²) in [5, 5.41) is 0. The number of hydrogen-bond acceptors (Lipinski definition) is 7. The molecule has 1 atom stereocenters. The molecule has 0 amide bonds. The molecule has 9 heteroatoms. The number of aromatic nitrogens is 1. The second kappa shape index (κ2) is 12.7. The van der Waals surface area contributed by atoms with Crippen molar-refractivity contribution < 1.29 is 19.0 Å². The highest BCUT2D eigenvalue weighted by Crippen LogP contribution is 2.37. The Labute approximate surface area is 245 Å². The van der Waals surface area contributed by atoms with Crippen molar-refractivity contribution in [2.24, 2.45) is 4.99 Å². The molecule has 1 aromatic heterocycles. The maximum atomic E-state index is 13.9. The van der Waals surface area contributed by atoms with Crippen molar-refractivity contribution >= 4 is 39.3 Å². The molecule has 7 nitrogen and oxygen atoms in total. The number of allylic oxidation sites excluding steroid dienone is 1. The zero-order valence-corrected chi connectivity index (χ0v) is 25.5. The number of carbonyl (C=O) groups is 1. The number of terminal acetylenes is 1. The summed E-state index contributed by atoms with van der Waals surface area (Å²) >= 11 is 4.80. The van der Waals surface area contributed by atoms with Crippen LogP contribution < -0.4 is 24.4 Å². The van der Waals surface area contributed by atoms with Gasteiger partial charge in [0.05, 0.1) is 39.5 Å². The summed E-state index contributed by atoms with van der Waals surface area (Å²) < 4.78 is 19.5. The zero-order valence-electron chi connectivity index (χ0n) is 23.1. The van der Waals surface area contributed by atoms with E-state index in [4.69, 9.17) is 20.6 Å². The van der Waals surface area contributed by atoms with Gasteiger partial charge in [0, 0.05) is 0 Å². The molecule has 0 spiro atoms. The lowest BCUT2D eigenvalue weighted by Gasteiger charge is -2.25. The third kappa shape index (κ3) is 5.93. The van der Waals surface area contributed by atoms with Crippen molar-refractivity contribution in [3.05, 3.63) is 88.5 Å². The lowest BCUT2D eigenvalue weighted by molar-refractivity contribution is -0.139. The summed E-state index contributed by atoms with van der Waals surface area (Å²) in [6.07, 6.45) is 7.14. The predicted octanol–water partition coefficient (Wildman–Crippen LogP) is 5.09. The van der Waals surface area contributed by atoms with Crippen LogP contribution in [0, 0.1) is 12.3 Å². The van der Waals surface area contributed by atoms with Gasteiger partial charge in [0.25, 0.3) is 5.56 Å². The van der Waals surface area contributed by atoms with Gasteiger partial charge < -0.3 is 14.2 Å². The van der Waals surface area contributed by atoms with Crippen LogP contribution in [0.1, 0.15) is 63.3 Å². The minimum atomic E-state index is -0.663. The van der Waals surface area contributed by atoms with E-state index in [1.54, 1.807) is 30.6 Å². The van der Waals surface area contributed by atoms with Crippen LogP contribution in [0.3, 0.4) is 0 Å². The standard InChI is InChI=1S/C31H31BrN2O5S/c1-7-14-39-28-23(32)15-20(16-24(28)37-8-2)17-25-29(35)34-27(22-12-10-21(11-13-22)18(4)5)26(30(36)38-9-3)19(6)33-31(34)40-25/h1,10-13,15-18,27H,8-9,14H2,2-6H3/b25-17+. The fraction of sp³-hybridized carbons (Fsp3) is 0.323. The van der Waals surface area contributed by atoms with Crippen molar-refractivity contribution in [1.82, 2.24) is 4.57 Å². The number of fused-ring (bicyclic) bond motifs is 1. The lowest BCUT2D eigenvalue weighted by atomic mass is 9.93. The first-order valence-corrected chi connectivity index (χ1v) is 14.6. The predicted molar refractivity (Wildman–Crippen MR) is 161 cm³/mol. The highest BCUT2D eigenvalue weighted by molar-refractivity contribution is 9.10. The van der Waals surface area contributed by atoms with E-state index in [0.717, 1.165) is 11.1 Å². The van der Waals surface area contributed by atoms with E-state index >= 15 is 0 Å². The molecule has 2 heterocycles. The van der Waals surface area contributed by atoms with E-state index in [0.29, 0.717) is 49.1 Å². The third-order valence-electron chi connectivity index (χ3n) is 6.37. The molecule has 0 radical (unpaired) electrons. The molecule has 1 unspecified atom stereocenters. The highest BCUT2D eigenvalue weighted by Gasteiger charge is 2.33. The monoisotopic (exact) mass is 622 g/mol. The summed E-state index contributed by atoms with van der Waals surface area (Å²) in [4.78, 5) is 32.2. The topological polar surface area (TPSA) is 79.1 Å². The summed E-state index contributed by atoms with van der Waals surface area (Å²) in [5.41, 5.74) is 3.34. The van der Waals surface area contributed by atoms with Crippen molar-refractivity contribution in [2.45, 2.75) is 46.6 Å². The number of rotatable bonds is 9. The van der Waals surface area contributed by atoms with E-state index in [1.807, 2.05) is 37.3 Å². The number of esters is 1. The molecule has 2 aromatic carbocycles. The number of nitrogens with zero attached hydrogens (tertiary/aromatic N) is 2. The second-order valence-corrected chi connectivity index (χ2v) is 11.2. The van der Waals surface area contributed by atoms with Gasteiger partial charge >= 0.3 is 5.97 Å². The molecular weight excluding hydrogens is 592 g/mol. The molecule has 0 aliphatic carbocycles. The van der Waals surface area contributed by atoms with Crippen molar-refractivity contribution in [2.75, 3.05) is 19.8 Å². The minimum absolute atomic E-state index is 0.0942. The average Bonchev–Trinajstić information content (AvgIpc) is 3.21. The summed E-state index contributed by atoms with van der Waals surface area (Å²) in [5.74, 6) is 3.33. The van der Waals surface area contributed by atoms with Gasteiger partial charge in [-0.15, -0.1) is 6.42 Å². The Balaban J connectivity index is 1.90. The van der Waals surface area contributed by atoms with Crippen LogP contribution in [0.15, 0.2) is 61.9 Å². The molecule has 208 valence electrons. The molecule has 1 aliphatic rings. The Bertz CT molecular complexity index is 1680. The van der Waals surface area contributed by atoms with Gasteiger partial charge in [0.2, 0.25) is 0 Å². The number of halogens is 1. The normalized spacial score (nSPS) is 14.9. The summed E-state index contributed by atoms with van der Waals surface area (Å²) in [6.45, 7) is 10.4. The van der Waals surface area contributed by atoms with Gasteiger partial charge in [0.15, 0.2) is 16.3 Å². The first-order valence-electron chi connectivity index (χ1n) is 13.0. The van der Waals surface area contributed by atoms with E-state index in [1.165, 1.54) is 16.9 Å². The highest BCUT2D eigenvalue weighted by atomic mass is 79.9.